The number of anilines is 1. The molecule has 2 amide bonds. The number of fused-ring (bicyclic) bond motifs is 1. The molecule has 2 aromatic carbocycles. The van der Waals surface area contributed by atoms with Crippen molar-refractivity contribution in [1.29, 1.82) is 0 Å². The van der Waals surface area contributed by atoms with Crippen molar-refractivity contribution in [3.8, 4) is 0 Å². The van der Waals surface area contributed by atoms with Gasteiger partial charge in [-0.3, -0.25) is 29.5 Å². The highest BCUT2D eigenvalue weighted by molar-refractivity contribution is 6.21. The molecule has 0 aromatic heterocycles. The number of benzene rings is 2. The first-order valence-corrected chi connectivity index (χ1v) is 10.2. The molecular weight excluding hydrogens is 384 g/mol. The molecule has 0 atom stereocenters. The summed E-state index contributed by atoms with van der Waals surface area (Å²) < 4.78 is 0. The Morgan fingerprint density at radius 2 is 1.37 bits per heavy atom. The first-order chi connectivity index (χ1) is 14.6. The Morgan fingerprint density at radius 1 is 0.800 bits per heavy atom. The van der Waals surface area contributed by atoms with E-state index in [0.29, 0.717) is 23.4 Å². The second-order valence-corrected chi connectivity index (χ2v) is 7.59. The van der Waals surface area contributed by atoms with Crippen molar-refractivity contribution in [1.82, 2.24) is 9.80 Å². The first-order valence-electron chi connectivity index (χ1n) is 10.2. The van der Waals surface area contributed by atoms with E-state index in [-0.39, 0.29) is 22.4 Å². The van der Waals surface area contributed by atoms with Gasteiger partial charge in [-0.25, -0.2) is 0 Å². The smallest absolute Gasteiger partial charge is 0.292 e. The van der Waals surface area contributed by atoms with Gasteiger partial charge in [0.1, 0.15) is 5.69 Å². The maximum absolute atomic E-state index is 12.4. The van der Waals surface area contributed by atoms with Crippen LogP contribution in [0.1, 0.15) is 33.6 Å². The molecule has 2 heterocycles. The number of para-hydroxylation sites is 2. The molecule has 30 heavy (non-hydrogen) atoms. The predicted octanol–water partition coefficient (Wildman–Crippen LogP) is 2.79. The number of hydrogen-bond acceptors (Lipinski definition) is 6. The average molecular weight is 408 g/mol. The zero-order chi connectivity index (χ0) is 21.1. The Bertz CT molecular complexity index is 934. The number of hydrogen-bond donors (Lipinski definition) is 0. The number of imide groups is 1. The number of carbonyl (C=O) groups excluding carboxylic acids is 2. The van der Waals surface area contributed by atoms with Crippen LogP contribution in [0.25, 0.3) is 0 Å². The van der Waals surface area contributed by atoms with Crippen molar-refractivity contribution >= 4 is 23.2 Å². The van der Waals surface area contributed by atoms with Crippen LogP contribution in [0.4, 0.5) is 11.4 Å². The number of nitro groups is 1. The lowest BCUT2D eigenvalue weighted by molar-refractivity contribution is -0.384. The minimum Gasteiger partial charge on any atom is -0.363 e. The SMILES string of the molecule is O=C1c2ccccc2C(=O)N1CCCCN1CCN(c2ccccc2[N+](=O)[O-])CC1. The molecule has 0 bridgehead atoms. The molecule has 0 N–H and O–H groups in total. The van der Waals surface area contributed by atoms with Gasteiger partial charge in [0, 0.05) is 38.8 Å². The fourth-order valence-corrected chi connectivity index (χ4v) is 4.15. The Kier molecular flexibility index (Phi) is 5.76. The third-order valence-electron chi connectivity index (χ3n) is 5.78. The molecule has 8 heteroatoms. The van der Waals surface area contributed by atoms with E-state index in [1.54, 1.807) is 42.5 Å². The summed E-state index contributed by atoms with van der Waals surface area (Å²) in [7, 11) is 0. The highest BCUT2D eigenvalue weighted by Crippen LogP contribution is 2.28. The van der Waals surface area contributed by atoms with Crippen LogP contribution in [-0.2, 0) is 0 Å². The van der Waals surface area contributed by atoms with Gasteiger partial charge in [0.25, 0.3) is 17.5 Å². The predicted molar refractivity (Wildman–Crippen MR) is 113 cm³/mol. The van der Waals surface area contributed by atoms with Crippen LogP contribution < -0.4 is 4.90 Å². The van der Waals surface area contributed by atoms with Gasteiger partial charge in [-0.15, -0.1) is 0 Å². The summed E-state index contributed by atoms with van der Waals surface area (Å²) in [6, 6.07) is 13.8. The summed E-state index contributed by atoms with van der Waals surface area (Å²) in [4.78, 5) is 41.4. The van der Waals surface area contributed by atoms with E-state index in [9.17, 15) is 19.7 Å². The van der Waals surface area contributed by atoms with Crippen LogP contribution in [0.2, 0.25) is 0 Å². The summed E-state index contributed by atoms with van der Waals surface area (Å²) in [6.07, 6.45) is 1.65. The third kappa shape index (κ3) is 3.91. The van der Waals surface area contributed by atoms with Crippen LogP contribution in [-0.4, -0.2) is 65.8 Å². The molecule has 0 saturated carbocycles. The van der Waals surface area contributed by atoms with Crippen molar-refractivity contribution in [2.45, 2.75) is 12.8 Å². The van der Waals surface area contributed by atoms with Gasteiger partial charge in [0.2, 0.25) is 0 Å². The number of nitrogens with zero attached hydrogens (tertiary/aromatic N) is 4. The third-order valence-corrected chi connectivity index (χ3v) is 5.78. The van der Waals surface area contributed by atoms with Gasteiger partial charge >= 0.3 is 0 Å². The van der Waals surface area contributed by atoms with E-state index >= 15 is 0 Å². The first kappa shape index (κ1) is 20.0. The zero-order valence-electron chi connectivity index (χ0n) is 16.7. The van der Waals surface area contributed by atoms with E-state index in [1.165, 1.54) is 4.90 Å². The molecule has 0 aliphatic carbocycles. The molecular formula is C22H24N4O4. The molecule has 156 valence electrons. The number of nitro benzene ring substituents is 1. The van der Waals surface area contributed by atoms with E-state index in [4.69, 9.17) is 0 Å². The lowest BCUT2D eigenvalue weighted by atomic mass is 10.1. The average Bonchev–Trinajstić information content (AvgIpc) is 3.02. The highest BCUT2D eigenvalue weighted by atomic mass is 16.6. The molecule has 8 nitrogen and oxygen atoms in total. The fraction of sp³-hybridized carbons (Fsp3) is 0.364. The van der Waals surface area contributed by atoms with Gasteiger partial charge in [0.15, 0.2) is 0 Å². The summed E-state index contributed by atoms with van der Waals surface area (Å²) in [5.74, 6) is -0.401. The molecule has 2 aliphatic rings. The molecule has 0 radical (unpaired) electrons. The fourth-order valence-electron chi connectivity index (χ4n) is 4.15. The number of piperazine rings is 1. The van der Waals surface area contributed by atoms with Crippen LogP contribution in [0.5, 0.6) is 0 Å². The maximum atomic E-state index is 12.4. The van der Waals surface area contributed by atoms with Crippen LogP contribution in [0.3, 0.4) is 0 Å². The Hall–Kier alpha value is -3.26. The lowest BCUT2D eigenvalue weighted by Crippen LogP contribution is -2.46. The van der Waals surface area contributed by atoms with Crippen molar-refractivity contribution in [2.75, 3.05) is 44.2 Å². The van der Waals surface area contributed by atoms with Crippen LogP contribution in [0.15, 0.2) is 48.5 Å². The maximum Gasteiger partial charge on any atom is 0.292 e. The minimum atomic E-state index is -0.332. The van der Waals surface area contributed by atoms with Crippen molar-refractivity contribution in [3.05, 3.63) is 69.8 Å². The van der Waals surface area contributed by atoms with Crippen molar-refractivity contribution in [3.63, 3.8) is 0 Å². The summed E-state index contributed by atoms with van der Waals surface area (Å²) >= 11 is 0. The Morgan fingerprint density at radius 3 is 2.00 bits per heavy atom. The van der Waals surface area contributed by atoms with Crippen molar-refractivity contribution in [2.24, 2.45) is 0 Å². The van der Waals surface area contributed by atoms with E-state index in [2.05, 4.69) is 9.80 Å². The lowest BCUT2D eigenvalue weighted by Gasteiger charge is -2.35. The van der Waals surface area contributed by atoms with Gasteiger partial charge in [0.05, 0.1) is 16.1 Å². The Labute approximate surface area is 174 Å². The zero-order valence-corrected chi connectivity index (χ0v) is 16.7. The second kappa shape index (κ2) is 8.62. The number of rotatable bonds is 7. The number of carbonyl (C=O) groups is 2. The molecule has 1 saturated heterocycles. The molecule has 0 spiro atoms. The van der Waals surface area contributed by atoms with Crippen LogP contribution >= 0.6 is 0 Å². The highest BCUT2D eigenvalue weighted by Gasteiger charge is 2.34. The molecule has 2 aromatic rings. The van der Waals surface area contributed by atoms with Gasteiger partial charge in [-0.2, -0.15) is 0 Å². The van der Waals surface area contributed by atoms with E-state index in [0.717, 1.165) is 45.6 Å². The topological polar surface area (TPSA) is 87.0 Å². The Balaban J connectivity index is 1.22. The van der Waals surface area contributed by atoms with Gasteiger partial charge in [-0.05, 0) is 37.6 Å². The summed E-state index contributed by atoms with van der Waals surface area (Å²) in [5, 5.41) is 11.2. The molecule has 2 aliphatic heterocycles. The van der Waals surface area contributed by atoms with E-state index < -0.39 is 0 Å². The second-order valence-electron chi connectivity index (χ2n) is 7.59. The summed E-state index contributed by atoms with van der Waals surface area (Å²) in [5.41, 5.74) is 1.81. The molecule has 0 unspecified atom stereocenters. The number of unbranched alkanes of at least 4 members (excludes halogenated alkanes) is 1. The number of amides is 2. The summed E-state index contributed by atoms with van der Waals surface area (Å²) in [6.45, 7) is 4.46. The monoisotopic (exact) mass is 408 g/mol. The molecule has 4 rings (SSSR count). The van der Waals surface area contributed by atoms with Gasteiger partial charge in [-0.1, -0.05) is 24.3 Å². The van der Waals surface area contributed by atoms with Crippen LogP contribution in [0, 0.1) is 10.1 Å². The quantitative estimate of drug-likeness (QED) is 0.303. The van der Waals surface area contributed by atoms with Crippen molar-refractivity contribution < 1.29 is 14.5 Å². The largest absolute Gasteiger partial charge is 0.363 e. The van der Waals surface area contributed by atoms with E-state index in [1.807, 2.05) is 6.07 Å². The van der Waals surface area contributed by atoms with Gasteiger partial charge < -0.3 is 4.90 Å². The molecule has 1 fully saturated rings. The normalized spacial score (nSPS) is 16.8. The standard InChI is InChI=1S/C22H24N4O4/c27-21-17-7-1-2-8-18(17)22(28)25(21)12-6-5-11-23-13-15-24(16-14-23)19-9-3-4-10-20(19)26(29)30/h1-4,7-10H,5-6,11-16H2. The minimum absolute atomic E-state index is 0.145.